The van der Waals surface area contributed by atoms with E-state index < -0.39 is 84.0 Å². The fraction of sp³-hybridized carbons (Fsp3) is 0.568. The molecule has 296 valence electrons. The van der Waals surface area contributed by atoms with E-state index >= 15 is 0 Å². The van der Waals surface area contributed by atoms with E-state index in [9.17, 15) is 48.6 Å². The molecule has 1 aliphatic rings. The van der Waals surface area contributed by atoms with E-state index in [1.165, 1.54) is 6.92 Å². The lowest BCUT2D eigenvalue weighted by atomic mass is 9.84. The van der Waals surface area contributed by atoms with Gasteiger partial charge in [0.25, 0.3) is 0 Å². The molecule has 10 N–H and O–H groups in total. The quantitative estimate of drug-likeness (QED) is 0.0872. The standard InChI is InChI=1S/C37H53N7O10/c1-20(2)15-27(34(50)44-30(37(53)54)17-23-19-39-25-12-8-7-11-24(23)25)41-36(52)29(18-32(47)48)43-35(51)28(16-22-9-5-4-6-10-22)42-33(49)26(40-21(3)45)13-14-31(38)46/h7-8,11-12,19-20,22,26-30,39H,4-6,9-10,13-18H2,1-3H3,(H2,38,46)(H,40,45)(H,41,52)(H,42,49)(H,43,51)(H,44,50)(H,47,48)(H,53,54)/t26?,27-,28-,29-,30-/m0/s1. The number of fused-ring (bicyclic) bond motifs is 1. The Hall–Kier alpha value is -5.48. The minimum Gasteiger partial charge on any atom is -0.481 e. The third-order valence-electron chi connectivity index (χ3n) is 9.37. The minimum absolute atomic E-state index is 0.0249. The highest BCUT2D eigenvalue weighted by molar-refractivity contribution is 5.97. The largest absolute Gasteiger partial charge is 0.481 e. The molecule has 1 aliphatic carbocycles. The number of primary amides is 1. The van der Waals surface area contributed by atoms with Gasteiger partial charge >= 0.3 is 11.9 Å². The molecule has 0 saturated heterocycles. The lowest BCUT2D eigenvalue weighted by Crippen LogP contribution is -2.59. The summed E-state index contributed by atoms with van der Waals surface area (Å²) in [6, 6.07) is 0.473. The Morgan fingerprint density at radius 2 is 1.35 bits per heavy atom. The summed E-state index contributed by atoms with van der Waals surface area (Å²) in [6.45, 7) is 4.74. The number of para-hydroxylation sites is 1. The Morgan fingerprint density at radius 1 is 0.778 bits per heavy atom. The summed E-state index contributed by atoms with van der Waals surface area (Å²) in [5.74, 6) is -7.59. The van der Waals surface area contributed by atoms with Gasteiger partial charge in [0.15, 0.2) is 0 Å². The predicted octanol–water partition coefficient (Wildman–Crippen LogP) is 0.996. The first-order valence-corrected chi connectivity index (χ1v) is 18.3. The highest BCUT2D eigenvalue weighted by Crippen LogP contribution is 2.27. The summed E-state index contributed by atoms with van der Waals surface area (Å²) in [7, 11) is 0. The number of hydrogen-bond donors (Lipinski definition) is 9. The van der Waals surface area contributed by atoms with Crippen molar-refractivity contribution in [3.05, 3.63) is 36.0 Å². The molecule has 54 heavy (non-hydrogen) atoms. The molecule has 17 heteroatoms. The lowest BCUT2D eigenvalue weighted by Gasteiger charge is -2.29. The third kappa shape index (κ3) is 13.8. The van der Waals surface area contributed by atoms with Crippen molar-refractivity contribution in [2.75, 3.05) is 0 Å². The highest BCUT2D eigenvalue weighted by Gasteiger charge is 2.35. The number of aliphatic carboxylic acids is 2. The molecule has 0 bridgehead atoms. The maximum absolute atomic E-state index is 13.8. The summed E-state index contributed by atoms with van der Waals surface area (Å²) in [5, 5.41) is 33.0. The van der Waals surface area contributed by atoms with E-state index in [4.69, 9.17) is 5.73 Å². The number of nitrogens with one attached hydrogen (secondary N) is 6. The number of carbonyl (C=O) groups excluding carboxylic acids is 6. The number of benzene rings is 1. The number of aromatic nitrogens is 1. The van der Waals surface area contributed by atoms with Gasteiger partial charge in [-0.3, -0.25) is 33.6 Å². The van der Waals surface area contributed by atoms with Gasteiger partial charge in [0.1, 0.15) is 30.2 Å². The first kappa shape index (κ1) is 42.9. The highest BCUT2D eigenvalue weighted by atomic mass is 16.4. The van der Waals surface area contributed by atoms with Crippen LogP contribution in [0.25, 0.3) is 10.9 Å². The average Bonchev–Trinajstić information content (AvgIpc) is 3.51. The second-order valence-electron chi connectivity index (χ2n) is 14.4. The molecule has 1 saturated carbocycles. The second kappa shape index (κ2) is 20.7. The molecule has 0 spiro atoms. The molecular formula is C37H53N7O10. The van der Waals surface area contributed by atoms with Gasteiger partial charge in [-0.2, -0.15) is 0 Å². The average molecular weight is 756 g/mol. The van der Waals surface area contributed by atoms with Gasteiger partial charge in [-0.05, 0) is 42.7 Å². The van der Waals surface area contributed by atoms with Crippen LogP contribution in [0, 0.1) is 11.8 Å². The summed E-state index contributed by atoms with van der Waals surface area (Å²) in [4.78, 5) is 105. The number of nitrogens with two attached hydrogens (primary N) is 1. The van der Waals surface area contributed by atoms with Crippen LogP contribution < -0.4 is 32.3 Å². The van der Waals surface area contributed by atoms with Crippen molar-refractivity contribution in [2.24, 2.45) is 17.6 Å². The fourth-order valence-corrected chi connectivity index (χ4v) is 6.69. The predicted molar refractivity (Wildman–Crippen MR) is 196 cm³/mol. The molecule has 1 unspecified atom stereocenters. The monoisotopic (exact) mass is 755 g/mol. The van der Waals surface area contributed by atoms with Gasteiger partial charge in [0, 0.05) is 36.9 Å². The number of carboxylic acid groups (broad SMARTS) is 2. The molecule has 17 nitrogen and oxygen atoms in total. The SMILES string of the molecule is CC(=O)NC(CCC(N)=O)C(=O)N[C@@H](CC1CCCCC1)C(=O)N[C@@H](CC(=O)O)C(=O)N[C@@H](CC(C)C)C(=O)N[C@@H](Cc1c[nH]c2ccccc12)C(=O)O. The van der Waals surface area contributed by atoms with Crippen LogP contribution in [-0.4, -0.2) is 92.8 Å². The van der Waals surface area contributed by atoms with Crippen molar-refractivity contribution in [3.63, 3.8) is 0 Å². The molecule has 1 aromatic heterocycles. The molecule has 2 aromatic rings. The third-order valence-corrected chi connectivity index (χ3v) is 9.37. The van der Waals surface area contributed by atoms with Crippen molar-refractivity contribution in [2.45, 2.75) is 122 Å². The molecule has 1 heterocycles. The van der Waals surface area contributed by atoms with Crippen LogP contribution >= 0.6 is 0 Å². The normalized spacial score (nSPS) is 15.9. The van der Waals surface area contributed by atoms with Crippen molar-refractivity contribution < 1.29 is 48.6 Å². The maximum atomic E-state index is 13.8. The molecule has 5 atom stereocenters. The van der Waals surface area contributed by atoms with Gasteiger partial charge in [0.05, 0.1) is 6.42 Å². The van der Waals surface area contributed by atoms with E-state index in [1.807, 2.05) is 18.2 Å². The van der Waals surface area contributed by atoms with Gasteiger partial charge in [-0.25, -0.2) is 4.79 Å². The van der Waals surface area contributed by atoms with Gasteiger partial charge in [-0.1, -0.05) is 64.2 Å². The Morgan fingerprint density at radius 3 is 1.96 bits per heavy atom. The van der Waals surface area contributed by atoms with E-state index in [0.29, 0.717) is 5.56 Å². The molecular weight excluding hydrogens is 702 g/mol. The number of rotatable bonds is 21. The summed E-state index contributed by atoms with van der Waals surface area (Å²) in [5.41, 5.74) is 6.68. The molecule has 1 fully saturated rings. The van der Waals surface area contributed by atoms with Crippen molar-refractivity contribution in [1.29, 1.82) is 0 Å². The topological polar surface area (TPSA) is 279 Å². The summed E-state index contributed by atoms with van der Waals surface area (Å²) < 4.78 is 0. The minimum atomic E-state index is -1.69. The van der Waals surface area contributed by atoms with E-state index in [0.717, 1.165) is 43.0 Å². The smallest absolute Gasteiger partial charge is 0.326 e. The van der Waals surface area contributed by atoms with Crippen LogP contribution in [0.1, 0.15) is 90.5 Å². The second-order valence-corrected chi connectivity index (χ2v) is 14.4. The van der Waals surface area contributed by atoms with Crippen molar-refractivity contribution in [3.8, 4) is 0 Å². The number of carboxylic acids is 2. The van der Waals surface area contributed by atoms with Crippen LogP contribution in [0.15, 0.2) is 30.5 Å². The van der Waals surface area contributed by atoms with Crippen LogP contribution in [0.4, 0.5) is 0 Å². The van der Waals surface area contributed by atoms with E-state index in [2.05, 4.69) is 31.6 Å². The van der Waals surface area contributed by atoms with Gasteiger partial charge in [0.2, 0.25) is 35.4 Å². The summed E-state index contributed by atoms with van der Waals surface area (Å²) >= 11 is 0. The zero-order valence-corrected chi connectivity index (χ0v) is 30.9. The Labute approximate surface area is 313 Å². The van der Waals surface area contributed by atoms with Crippen LogP contribution in [0.5, 0.6) is 0 Å². The Bertz CT molecular complexity index is 1670. The Kier molecular flexibility index (Phi) is 16.4. The van der Waals surface area contributed by atoms with E-state index in [-0.39, 0.29) is 43.9 Å². The van der Waals surface area contributed by atoms with E-state index in [1.54, 1.807) is 26.1 Å². The number of carbonyl (C=O) groups is 8. The van der Waals surface area contributed by atoms with Crippen LogP contribution in [0.2, 0.25) is 0 Å². The van der Waals surface area contributed by atoms with Crippen LogP contribution in [-0.2, 0) is 44.8 Å². The first-order valence-electron chi connectivity index (χ1n) is 18.3. The number of H-pyrrole nitrogens is 1. The van der Waals surface area contributed by atoms with Crippen molar-refractivity contribution >= 4 is 58.3 Å². The fourth-order valence-electron chi connectivity index (χ4n) is 6.69. The molecule has 1 aromatic carbocycles. The summed E-state index contributed by atoms with van der Waals surface area (Å²) in [6.07, 6.45) is 4.97. The zero-order valence-electron chi connectivity index (χ0n) is 30.9. The first-order chi connectivity index (χ1) is 25.5. The van der Waals surface area contributed by atoms with Crippen LogP contribution in [0.3, 0.4) is 0 Å². The number of aromatic amines is 1. The van der Waals surface area contributed by atoms with Gasteiger partial charge in [-0.15, -0.1) is 0 Å². The molecule has 3 rings (SSSR count). The number of hydrogen-bond acceptors (Lipinski definition) is 8. The molecule has 6 amide bonds. The molecule has 0 radical (unpaired) electrons. The Balaban J connectivity index is 1.81. The lowest BCUT2D eigenvalue weighted by molar-refractivity contribution is -0.143. The maximum Gasteiger partial charge on any atom is 0.326 e. The molecule has 0 aliphatic heterocycles. The zero-order chi connectivity index (χ0) is 39.9. The number of amides is 6. The van der Waals surface area contributed by atoms with Crippen molar-refractivity contribution in [1.82, 2.24) is 31.6 Å². The van der Waals surface area contributed by atoms with Gasteiger partial charge < -0.3 is 47.5 Å².